The van der Waals surface area contributed by atoms with Gasteiger partial charge in [-0.2, -0.15) is 0 Å². The zero-order chi connectivity index (χ0) is 16.0. The molecular formula is C17H20N2O3S. The molecule has 2 heterocycles. The van der Waals surface area contributed by atoms with Crippen molar-refractivity contribution >= 4 is 27.5 Å². The van der Waals surface area contributed by atoms with E-state index in [1.165, 1.54) is 30.6 Å². The molecular weight excluding hydrogens is 312 g/mol. The van der Waals surface area contributed by atoms with Crippen molar-refractivity contribution in [3.05, 3.63) is 29.3 Å². The van der Waals surface area contributed by atoms with Gasteiger partial charge in [0.1, 0.15) is 11.1 Å². The highest BCUT2D eigenvalue weighted by atomic mass is 32.1. The maximum absolute atomic E-state index is 12.5. The Morgan fingerprint density at radius 2 is 2.04 bits per heavy atom. The van der Waals surface area contributed by atoms with E-state index in [1.54, 1.807) is 4.90 Å². The molecule has 1 spiro atoms. The van der Waals surface area contributed by atoms with Crippen molar-refractivity contribution in [1.29, 1.82) is 0 Å². The fourth-order valence-corrected chi connectivity index (χ4v) is 4.67. The number of carbonyl (C=O) groups excluding carboxylic acids is 1. The van der Waals surface area contributed by atoms with Crippen LogP contribution < -0.4 is 0 Å². The van der Waals surface area contributed by atoms with Crippen LogP contribution in [0.2, 0.25) is 0 Å². The number of benzene rings is 1. The summed E-state index contributed by atoms with van der Waals surface area (Å²) in [5, 5.41) is 21.1. The van der Waals surface area contributed by atoms with Crippen LogP contribution >= 0.6 is 11.3 Å². The van der Waals surface area contributed by atoms with E-state index in [4.69, 9.17) is 0 Å². The second-order valence-electron chi connectivity index (χ2n) is 6.77. The van der Waals surface area contributed by atoms with Crippen molar-refractivity contribution in [3.8, 4) is 0 Å². The third kappa shape index (κ3) is 2.55. The largest absolute Gasteiger partial charge is 0.383 e. The second kappa shape index (κ2) is 5.54. The van der Waals surface area contributed by atoms with Crippen LogP contribution in [0.4, 0.5) is 0 Å². The number of rotatable bonds is 3. The molecule has 0 radical (unpaired) electrons. The van der Waals surface area contributed by atoms with Crippen molar-refractivity contribution in [2.75, 3.05) is 13.1 Å². The van der Waals surface area contributed by atoms with Gasteiger partial charge in [-0.15, -0.1) is 11.3 Å². The van der Waals surface area contributed by atoms with E-state index in [0.717, 1.165) is 23.2 Å². The van der Waals surface area contributed by atoms with Crippen LogP contribution in [0.15, 0.2) is 24.3 Å². The van der Waals surface area contributed by atoms with Crippen molar-refractivity contribution in [2.24, 2.45) is 5.41 Å². The molecule has 1 saturated heterocycles. The van der Waals surface area contributed by atoms with E-state index in [2.05, 4.69) is 4.98 Å². The molecule has 2 fully saturated rings. The molecule has 2 aliphatic rings. The van der Waals surface area contributed by atoms with Crippen molar-refractivity contribution in [1.82, 2.24) is 9.88 Å². The molecule has 1 aromatic carbocycles. The number of thiazole rings is 1. The highest BCUT2D eigenvalue weighted by Crippen LogP contribution is 2.48. The smallest absolute Gasteiger partial charge is 0.254 e. The zero-order valence-corrected chi connectivity index (χ0v) is 13.6. The molecule has 5 nitrogen and oxygen atoms in total. The maximum Gasteiger partial charge on any atom is 0.254 e. The first kappa shape index (κ1) is 15.1. The first-order valence-electron chi connectivity index (χ1n) is 8.08. The molecule has 0 unspecified atom stereocenters. The minimum Gasteiger partial charge on any atom is -0.383 e. The standard InChI is InChI=1S/C17H20N2O3S/c20-13(15-18-11-4-1-2-5-12(11)23-15)14(21)16(22)19-9-8-17(10-19)6-3-7-17/h1-2,4-5,13-14,20-21H,3,6-10H2/t13-,14+/m1/s1. The minimum atomic E-state index is -1.44. The highest BCUT2D eigenvalue weighted by Gasteiger charge is 2.45. The zero-order valence-electron chi connectivity index (χ0n) is 12.8. The quantitative estimate of drug-likeness (QED) is 0.903. The summed E-state index contributed by atoms with van der Waals surface area (Å²) in [5.41, 5.74) is 1.07. The molecule has 1 amide bonds. The van der Waals surface area contributed by atoms with E-state index < -0.39 is 12.2 Å². The molecule has 1 aliphatic heterocycles. The highest BCUT2D eigenvalue weighted by molar-refractivity contribution is 7.18. The van der Waals surface area contributed by atoms with Crippen molar-refractivity contribution in [3.63, 3.8) is 0 Å². The number of hydrogen-bond donors (Lipinski definition) is 2. The predicted octanol–water partition coefficient (Wildman–Crippen LogP) is 2.09. The summed E-state index contributed by atoms with van der Waals surface area (Å²) >= 11 is 1.32. The molecule has 2 aromatic rings. The Morgan fingerprint density at radius 1 is 1.26 bits per heavy atom. The summed E-state index contributed by atoms with van der Waals surface area (Å²) in [6.45, 7) is 1.40. The lowest BCUT2D eigenvalue weighted by Gasteiger charge is -2.38. The monoisotopic (exact) mass is 332 g/mol. The summed E-state index contributed by atoms with van der Waals surface area (Å²) in [6, 6.07) is 7.55. The summed E-state index contributed by atoms with van der Waals surface area (Å²) in [7, 11) is 0. The summed E-state index contributed by atoms with van der Waals surface area (Å²) in [5.74, 6) is -0.375. The Balaban J connectivity index is 1.49. The average molecular weight is 332 g/mol. The van der Waals surface area contributed by atoms with Crippen LogP contribution in [0.3, 0.4) is 0 Å². The molecule has 23 heavy (non-hydrogen) atoms. The lowest BCUT2D eigenvalue weighted by molar-refractivity contribution is -0.146. The van der Waals surface area contributed by atoms with E-state index in [9.17, 15) is 15.0 Å². The van der Waals surface area contributed by atoms with Crippen LogP contribution in [-0.4, -0.2) is 45.2 Å². The van der Waals surface area contributed by atoms with E-state index in [-0.39, 0.29) is 11.3 Å². The summed E-state index contributed by atoms with van der Waals surface area (Å²) in [6.07, 6.45) is 1.89. The number of aromatic nitrogens is 1. The summed E-state index contributed by atoms with van der Waals surface area (Å²) in [4.78, 5) is 18.5. The Kier molecular flexibility index (Phi) is 3.63. The Bertz CT molecular complexity index is 707. The number of amides is 1. The van der Waals surface area contributed by atoms with E-state index >= 15 is 0 Å². The number of likely N-dealkylation sites (tertiary alicyclic amines) is 1. The topological polar surface area (TPSA) is 73.7 Å². The molecule has 1 saturated carbocycles. The molecule has 1 aromatic heterocycles. The van der Waals surface area contributed by atoms with Crippen LogP contribution in [-0.2, 0) is 4.79 Å². The van der Waals surface area contributed by atoms with Gasteiger partial charge < -0.3 is 15.1 Å². The third-order valence-corrected chi connectivity index (χ3v) is 6.39. The number of hydrogen-bond acceptors (Lipinski definition) is 5. The van der Waals surface area contributed by atoms with Gasteiger partial charge in [-0.25, -0.2) is 4.98 Å². The number of para-hydroxylation sites is 1. The van der Waals surface area contributed by atoms with Gasteiger partial charge in [-0.1, -0.05) is 18.6 Å². The molecule has 1 aliphatic carbocycles. The maximum atomic E-state index is 12.5. The predicted molar refractivity (Wildman–Crippen MR) is 88.1 cm³/mol. The van der Waals surface area contributed by atoms with Crippen LogP contribution in [0.5, 0.6) is 0 Å². The normalized spacial score (nSPS) is 22.3. The lowest BCUT2D eigenvalue weighted by Crippen LogP contribution is -2.43. The Labute approximate surface area is 138 Å². The number of nitrogens with zero attached hydrogens (tertiary/aromatic N) is 2. The molecule has 2 atom stereocenters. The van der Waals surface area contributed by atoms with Gasteiger partial charge in [0.15, 0.2) is 6.10 Å². The van der Waals surface area contributed by atoms with Crippen LogP contribution in [0.1, 0.15) is 36.8 Å². The van der Waals surface area contributed by atoms with E-state index in [0.29, 0.717) is 11.6 Å². The third-order valence-electron chi connectivity index (χ3n) is 5.28. The van der Waals surface area contributed by atoms with Gasteiger partial charge >= 0.3 is 0 Å². The van der Waals surface area contributed by atoms with Gasteiger partial charge in [-0.05, 0) is 36.8 Å². The van der Waals surface area contributed by atoms with Gasteiger partial charge in [-0.3, -0.25) is 4.79 Å². The number of aliphatic hydroxyl groups is 2. The fraction of sp³-hybridized carbons (Fsp3) is 0.529. The van der Waals surface area contributed by atoms with Gasteiger partial charge in [0.05, 0.1) is 10.2 Å². The van der Waals surface area contributed by atoms with Gasteiger partial charge in [0.25, 0.3) is 5.91 Å². The first-order valence-corrected chi connectivity index (χ1v) is 8.90. The number of aliphatic hydroxyl groups excluding tert-OH is 2. The summed E-state index contributed by atoms with van der Waals surface area (Å²) < 4.78 is 0.941. The van der Waals surface area contributed by atoms with Crippen molar-refractivity contribution < 1.29 is 15.0 Å². The lowest BCUT2D eigenvalue weighted by atomic mass is 9.68. The minimum absolute atomic E-state index is 0.288. The second-order valence-corrected chi connectivity index (χ2v) is 7.84. The van der Waals surface area contributed by atoms with E-state index in [1.807, 2.05) is 24.3 Å². The average Bonchev–Trinajstić information content (AvgIpc) is 3.16. The Hall–Kier alpha value is -1.50. The fourth-order valence-electron chi connectivity index (χ4n) is 3.68. The molecule has 0 bridgehead atoms. The molecule has 6 heteroatoms. The molecule has 2 N–H and O–H groups in total. The Morgan fingerprint density at radius 3 is 2.70 bits per heavy atom. The van der Waals surface area contributed by atoms with Gasteiger partial charge in [0, 0.05) is 13.1 Å². The number of carbonyl (C=O) groups is 1. The SMILES string of the molecule is O=C([C@@H](O)[C@@H](O)c1nc2ccccc2s1)N1CCC2(CCC2)C1. The molecule has 4 rings (SSSR count). The first-order chi connectivity index (χ1) is 11.1. The van der Waals surface area contributed by atoms with Gasteiger partial charge in [0.2, 0.25) is 0 Å². The molecule has 122 valence electrons. The van der Waals surface area contributed by atoms with Crippen molar-refractivity contribution in [2.45, 2.75) is 37.9 Å². The van der Waals surface area contributed by atoms with Crippen LogP contribution in [0.25, 0.3) is 10.2 Å². The number of fused-ring (bicyclic) bond motifs is 1. The van der Waals surface area contributed by atoms with Crippen LogP contribution in [0, 0.1) is 5.41 Å².